The molecule has 32 heavy (non-hydrogen) atoms. The van der Waals surface area contributed by atoms with Crippen LogP contribution in [-0.2, 0) is 19.1 Å². The van der Waals surface area contributed by atoms with E-state index in [9.17, 15) is 9.59 Å². The summed E-state index contributed by atoms with van der Waals surface area (Å²) in [6, 6.07) is 0. The van der Waals surface area contributed by atoms with E-state index in [0.29, 0.717) is 25.9 Å². The number of hydrogen-bond acceptors (Lipinski definition) is 4. The predicted molar refractivity (Wildman–Crippen MR) is 135 cm³/mol. The lowest BCUT2D eigenvalue weighted by Gasteiger charge is -2.43. The summed E-state index contributed by atoms with van der Waals surface area (Å²) in [6.07, 6.45) is 8.02. The third-order valence-corrected chi connectivity index (χ3v) is 6.46. The maximum atomic E-state index is 13.1. The Morgan fingerprint density at radius 1 is 0.812 bits per heavy atom. The monoisotopic (exact) mass is 452 g/mol. The fourth-order valence-electron chi connectivity index (χ4n) is 3.40. The summed E-state index contributed by atoms with van der Waals surface area (Å²) in [7, 11) is 0. The standard InChI is InChI=1S/C28H52O4/c1-12-13-14-17-22(19-20-23(29)25(2,3)4)32-28(10,11)27(8,9)24(30)18-15-16-21-31-26(5,6)7/h12,22H,1,13-21H2,2-11H3. The van der Waals surface area contributed by atoms with Crippen LogP contribution in [0.2, 0.25) is 0 Å². The van der Waals surface area contributed by atoms with Gasteiger partial charge >= 0.3 is 0 Å². The fourth-order valence-corrected chi connectivity index (χ4v) is 3.40. The van der Waals surface area contributed by atoms with Gasteiger partial charge in [-0.05, 0) is 73.1 Å². The minimum Gasteiger partial charge on any atom is -0.376 e. The molecule has 0 N–H and O–H groups in total. The van der Waals surface area contributed by atoms with Gasteiger partial charge in [0.1, 0.15) is 11.6 Å². The molecular formula is C28H52O4. The number of unbranched alkanes of at least 4 members (excludes halogenated alkanes) is 2. The molecule has 4 heteroatoms. The van der Waals surface area contributed by atoms with Crippen LogP contribution in [0.4, 0.5) is 0 Å². The second kappa shape index (κ2) is 13.0. The van der Waals surface area contributed by atoms with Gasteiger partial charge in [-0.25, -0.2) is 0 Å². The Bertz CT molecular complexity index is 588. The zero-order valence-corrected chi connectivity index (χ0v) is 22.9. The van der Waals surface area contributed by atoms with Gasteiger partial charge in [-0.3, -0.25) is 9.59 Å². The molecule has 0 aliphatic rings. The predicted octanol–water partition coefficient (Wildman–Crippen LogP) is 7.48. The van der Waals surface area contributed by atoms with Crippen molar-refractivity contribution in [2.45, 2.75) is 138 Å². The molecule has 0 fully saturated rings. The Morgan fingerprint density at radius 2 is 1.41 bits per heavy atom. The Hall–Kier alpha value is -1.00. The van der Waals surface area contributed by atoms with Crippen LogP contribution in [-0.4, -0.2) is 35.5 Å². The molecule has 0 saturated carbocycles. The number of ketones is 2. The van der Waals surface area contributed by atoms with Crippen molar-refractivity contribution in [2.75, 3.05) is 6.61 Å². The van der Waals surface area contributed by atoms with Crippen molar-refractivity contribution in [2.24, 2.45) is 10.8 Å². The molecule has 4 nitrogen and oxygen atoms in total. The molecule has 0 spiro atoms. The number of Topliss-reactive ketones (excluding diaryl/α,β-unsaturated/α-hetero) is 2. The van der Waals surface area contributed by atoms with E-state index in [-0.39, 0.29) is 28.7 Å². The van der Waals surface area contributed by atoms with Gasteiger partial charge in [0.2, 0.25) is 0 Å². The van der Waals surface area contributed by atoms with Crippen molar-refractivity contribution < 1.29 is 19.1 Å². The number of carbonyl (C=O) groups is 2. The van der Waals surface area contributed by atoms with Gasteiger partial charge in [0, 0.05) is 24.9 Å². The van der Waals surface area contributed by atoms with E-state index in [1.165, 1.54) is 0 Å². The Morgan fingerprint density at radius 3 is 1.91 bits per heavy atom. The van der Waals surface area contributed by atoms with Crippen molar-refractivity contribution in [3.05, 3.63) is 12.7 Å². The molecule has 0 aliphatic carbocycles. The van der Waals surface area contributed by atoms with Crippen molar-refractivity contribution in [3.63, 3.8) is 0 Å². The molecular weight excluding hydrogens is 400 g/mol. The van der Waals surface area contributed by atoms with Gasteiger partial charge in [0.25, 0.3) is 0 Å². The fraction of sp³-hybridized carbons (Fsp3) is 0.857. The second-order valence-corrected chi connectivity index (χ2v) is 12.1. The van der Waals surface area contributed by atoms with Crippen LogP contribution in [0.5, 0.6) is 0 Å². The van der Waals surface area contributed by atoms with E-state index >= 15 is 0 Å². The molecule has 0 bridgehead atoms. The van der Waals surface area contributed by atoms with E-state index in [0.717, 1.165) is 32.1 Å². The Balaban J connectivity index is 5.02. The van der Waals surface area contributed by atoms with Crippen molar-refractivity contribution in [1.82, 2.24) is 0 Å². The molecule has 1 unspecified atom stereocenters. The maximum Gasteiger partial charge on any atom is 0.141 e. The highest BCUT2D eigenvalue weighted by Crippen LogP contribution is 2.38. The summed E-state index contributed by atoms with van der Waals surface area (Å²) >= 11 is 0. The van der Waals surface area contributed by atoms with Crippen LogP contribution < -0.4 is 0 Å². The van der Waals surface area contributed by atoms with Crippen LogP contribution in [0.15, 0.2) is 12.7 Å². The van der Waals surface area contributed by atoms with Crippen LogP contribution in [0.1, 0.15) is 121 Å². The molecule has 0 heterocycles. The lowest BCUT2D eigenvalue weighted by molar-refractivity contribution is -0.163. The molecule has 0 aromatic heterocycles. The molecule has 188 valence electrons. The van der Waals surface area contributed by atoms with Crippen molar-refractivity contribution in [3.8, 4) is 0 Å². The van der Waals surface area contributed by atoms with Crippen molar-refractivity contribution in [1.29, 1.82) is 0 Å². The van der Waals surface area contributed by atoms with E-state index in [1.807, 2.05) is 75.3 Å². The quantitative estimate of drug-likeness (QED) is 0.180. The van der Waals surface area contributed by atoms with E-state index in [4.69, 9.17) is 9.47 Å². The first-order valence-electron chi connectivity index (χ1n) is 12.4. The largest absolute Gasteiger partial charge is 0.376 e. The van der Waals surface area contributed by atoms with E-state index < -0.39 is 11.0 Å². The number of rotatable bonds is 16. The molecule has 0 aliphatic heterocycles. The van der Waals surface area contributed by atoms with Crippen LogP contribution >= 0.6 is 0 Å². The highest BCUT2D eigenvalue weighted by atomic mass is 16.5. The maximum absolute atomic E-state index is 13.1. The highest BCUT2D eigenvalue weighted by molar-refractivity contribution is 5.85. The summed E-state index contributed by atoms with van der Waals surface area (Å²) in [5.41, 5.74) is -1.74. The first-order chi connectivity index (χ1) is 14.4. The topological polar surface area (TPSA) is 52.6 Å². The van der Waals surface area contributed by atoms with E-state index in [1.54, 1.807) is 0 Å². The number of hydrogen-bond donors (Lipinski definition) is 0. The van der Waals surface area contributed by atoms with Gasteiger partial charge < -0.3 is 9.47 Å². The zero-order valence-electron chi connectivity index (χ0n) is 22.9. The van der Waals surface area contributed by atoms with Gasteiger partial charge in [0.15, 0.2) is 0 Å². The molecule has 0 radical (unpaired) electrons. The highest BCUT2D eigenvalue weighted by Gasteiger charge is 2.44. The third-order valence-electron chi connectivity index (χ3n) is 6.46. The molecule has 0 aromatic rings. The number of allylic oxidation sites excluding steroid dienone is 1. The normalized spacial score (nSPS) is 14.3. The van der Waals surface area contributed by atoms with E-state index in [2.05, 4.69) is 6.58 Å². The second-order valence-electron chi connectivity index (χ2n) is 12.1. The van der Waals surface area contributed by atoms with Gasteiger partial charge in [-0.1, -0.05) is 40.7 Å². The average molecular weight is 453 g/mol. The van der Waals surface area contributed by atoms with Crippen LogP contribution in [0, 0.1) is 10.8 Å². The third kappa shape index (κ3) is 11.7. The minimum atomic E-state index is -0.629. The summed E-state index contributed by atoms with van der Waals surface area (Å²) in [5.74, 6) is 0.467. The van der Waals surface area contributed by atoms with Crippen molar-refractivity contribution >= 4 is 11.6 Å². The van der Waals surface area contributed by atoms with Gasteiger partial charge in [0.05, 0.1) is 22.7 Å². The van der Waals surface area contributed by atoms with Gasteiger partial charge in [-0.2, -0.15) is 0 Å². The summed E-state index contributed by atoms with van der Waals surface area (Å²) in [4.78, 5) is 25.6. The molecule has 0 saturated heterocycles. The van der Waals surface area contributed by atoms with Crippen LogP contribution in [0.3, 0.4) is 0 Å². The lowest BCUT2D eigenvalue weighted by atomic mass is 9.72. The molecule has 0 amide bonds. The van der Waals surface area contributed by atoms with Gasteiger partial charge in [-0.15, -0.1) is 6.58 Å². The van der Waals surface area contributed by atoms with Crippen LogP contribution in [0.25, 0.3) is 0 Å². The number of ether oxygens (including phenoxy) is 2. The summed E-state index contributed by atoms with van der Waals surface area (Å²) in [5, 5.41) is 0. The summed E-state index contributed by atoms with van der Waals surface area (Å²) < 4.78 is 12.3. The first kappa shape index (κ1) is 31.0. The molecule has 0 rings (SSSR count). The summed E-state index contributed by atoms with van der Waals surface area (Å²) in [6.45, 7) is 24.5. The first-order valence-corrected chi connectivity index (χ1v) is 12.4. The Kier molecular flexibility index (Phi) is 12.6. The zero-order chi connectivity index (χ0) is 25.2. The number of carbonyl (C=O) groups excluding carboxylic acids is 2. The average Bonchev–Trinajstić information content (AvgIpc) is 2.63. The Labute approximate surface area is 198 Å². The SMILES string of the molecule is C=CCCCC(CCC(=O)C(C)(C)C)OC(C)(C)C(C)(C)C(=O)CCCCOC(C)(C)C. The smallest absolute Gasteiger partial charge is 0.141 e. The minimum absolute atomic E-state index is 0.0523. The molecule has 1 atom stereocenters. The molecule has 0 aromatic carbocycles. The lowest BCUT2D eigenvalue weighted by Crippen LogP contribution is -2.49.